The van der Waals surface area contributed by atoms with E-state index in [0.29, 0.717) is 56.6 Å². The van der Waals surface area contributed by atoms with Gasteiger partial charge in [-0.3, -0.25) is 4.90 Å². The standard InChI is InChI=1S/C39H54ClN3O6S/c1-27-6-4-15-38(2,47-3)32-11-8-30(32)24-43-25-39(16-5-7-28-22-31(40)10-12-33(28)39)26-49-35-13-9-29(23-34(35)43)37(44)41-50(45,46)36(27)14-17-42-18-20-48-21-19-42/h4,9-10,12-13,15,22-23,27,30,32,36-37,41,44H,5-8,11,14,16-21,24-26H2,1-3H3/b15-4+/t27-,30-,32+,36+,37?,38-,39-/m0/s1. The summed E-state index contributed by atoms with van der Waals surface area (Å²) in [4.78, 5) is 4.72. The highest BCUT2D eigenvalue weighted by Crippen LogP contribution is 2.49. The summed E-state index contributed by atoms with van der Waals surface area (Å²) in [6.07, 6.45) is 9.19. The zero-order valence-electron chi connectivity index (χ0n) is 29.8. The molecule has 1 spiro atoms. The van der Waals surface area contributed by atoms with Crippen LogP contribution in [-0.4, -0.2) is 88.9 Å². The quantitative estimate of drug-likeness (QED) is 0.379. The van der Waals surface area contributed by atoms with Crippen molar-refractivity contribution in [2.24, 2.45) is 17.8 Å². The predicted octanol–water partition coefficient (Wildman–Crippen LogP) is 5.84. The molecule has 2 bridgehead atoms. The lowest BCUT2D eigenvalue weighted by molar-refractivity contribution is -0.0622. The molecule has 0 aromatic heterocycles. The van der Waals surface area contributed by atoms with Gasteiger partial charge in [0, 0.05) is 43.7 Å². The minimum Gasteiger partial charge on any atom is -0.490 e. The molecule has 11 heteroatoms. The first kappa shape index (κ1) is 36.2. The van der Waals surface area contributed by atoms with Gasteiger partial charge in [-0.1, -0.05) is 42.8 Å². The molecule has 2 fully saturated rings. The molecule has 1 saturated carbocycles. The first-order valence-electron chi connectivity index (χ1n) is 18.5. The molecule has 1 saturated heterocycles. The van der Waals surface area contributed by atoms with E-state index in [1.54, 1.807) is 13.2 Å². The smallest absolute Gasteiger partial charge is 0.217 e. The van der Waals surface area contributed by atoms with E-state index in [9.17, 15) is 13.5 Å². The molecule has 3 heterocycles. The summed E-state index contributed by atoms with van der Waals surface area (Å²) in [7, 11) is -2.13. The van der Waals surface area contributed by atoms with Crippen molar-refractivity contribution in [3.8, 4) is 5.75 Å². The first-order chi connectivity index (χ1) is 24.0. The van der Waals surface area contributed by atoms with Crippen molar-refractivity contribution in [1.82, 2.24) is 9.62 Å². The second-order valence-corrected chi connectivity index (χ2v) is 18.0. The molecule has 5 aliphatic rings. The number of anilines is 1. The summed E-state index contributed by atoms with van der Waals surface area (Å²) in [5.41, 5.74) is 3.28. The zero-order valence-corrected chi connectivity index (χ0v) is 31.4. The van der Waals surface area contributed by atoms with Crippen molar-refractivity contribution in [2.45, 2.75) is 81.3 Å². The Morgan fingerprint density at radius 2 is 1.96 bits per heavy atom. The van der Waals surface area contributed by atoms with E-state index in [2.05, 4.69) is 45.7 Å². The van der Waals surface area contributed by atoms with Crippen LogP contribution in [0, 0.1) is 17.8 Å². The number of benzene rings is 2. The summed E-state index contributed by atoms with van der Waals surface area (Å²) in [6, 6.07) is 11.9. The molecule has 3 aliphatic heterocycles. The van der Waals surface area contributed by atoms with E-state index >= 15 is 0 Å². The number of halogens is 1. The molecule has 7 atom stereocenters. The molecule has 50 heavy (non-hydrogen) atoms. The molecule has 1 unspecified atom stereocenters. The van der Waals surface area contributed by atoms with E-state index in [1.807, 2.05) is 25.1 Å². The lowest BCUT2D eigenvalue weighted by atomic mass is 9.64. The third kappa shape index (κ3) is 7.23. The minimum atomic E-state index is -3.92. The van der Waals surface area contributed by atoms with Crippen molar-refractivity contribution in [2.75, 3.05) is 64.6 Å². The molecule has 0 radical (unpaired) electrons. The summed E-state index contributed by atoms with van der Waals surface area (Å²) in [5, 5.41) is 11.6. The van der Waals surface area contributed by atoms with Crippen LogP contribution in [0.25, 0.3) is 0 Å². The second-order valence-electron chi connectivity index (χ2n) is 15.6. The highest BCUT2D eigenvalue weighted by Gasteiger charge is 2.47. The van der Waals surface area contributed by atoms with Gasteiger partial charge in [0.05, 0.1) is 36.4 Å². The lowest BCUT2D eigenvalue weighted by Crippen LogP contribution is -2.52. The number of aryl methyl sites for hydroxylation is 1. The molecular weight excluding hydrogens is 674 g/mol. The van der Waals surface area contributed by atoms with Crippen molar-refractivity contribution < 1.29 is 27.7 Å². The van der Waals surface area contributed by atoms with Crippen LogP contribution in [0.2, 0.25) is 5.02 Å². The number of nitrogens with zero attached hydrogens (tertiary/aromatic N) is 2. The van der Waals surface area contributed by atoms with Gasteiger partial charge >= 0.3 is 0 Å². The van der Waals surface area contributed by atoms with E-state index in [1.165, 1.54) is 11.1 Å². The van der Waals surface area contributed by atoms with Crippen LogP contribution in [0.4, 0.5) is 5.69 Å². The monoisotopic (exact) mass is 727 g/mol. The SMILES string of the molecule is CO[C@@]1(C)/C=C/C[C@H](C)[C@@H](CCN2CCOCC2)S(=O)(=O)NC(O)c2ccc3c(c2)N(C[C@@H]2CC[C@H]21)C[C@@]1(CCCc2cc(Cl)ccc21)CO3. The van der Waals surface area contributed by atoms with Gasteiger partial charge in [0.1, 0.15) is 12.0 Å². The topological polar surface area (TPSA) is 101 Å². The fraction of sp³-hybridized carbons (Fsp3) is 0.641. The predicted molar refractivity (Wildman–Crippen MR) is 197 cm³/mol. The second kappa shape index (κ2) is 14.7. The maximum atomic E-state index is 14.2. The number of nitrogens with one attached hydrogen (secondary N) is 1. The Labute approximate surface area is 303 Å². The number of morpholine rings is 1. The number of fused-ring (bicyclic) bond motifs is 4. The van der Waals surface area contributed by atoms with E-state index in [-0.39, 0.29) is 11.3 Å². The summed E-state index contributed by atoms with van der Waals surface area (Å²) < 4.78 is 49.5. The number of hydrogen-bond donors (Lipinski definition) is 2. The fourth-order valence-electron chi connectivity index (χ4n) is 9.33. The van der Waals surface area contributed by atoms with Crippen LogP contribution in [0.5, 0.6) is 5.75 Å². The van der Waals surface area contributed by atoms with Crippen LogP contribution in [0.15, 0.2) is 48.6 Å². The molecule has 2 aliphatic carbocycles. The summed E-state index contributed by atoms with van der Waals surface area (Å²) in [5.74, 6) is 1.28. The third-order valence-corrected chi connectivity index (χ3v) is 14.8. The number of sulfonamides is 1. The number of hydrogen-bond acceptors (Lipinski definition) is 8. The highest BCUT2D eigenvalue weighted by atomic mass is 35.5. The average Bonchev–Trinajstić information content (AvgIpc) is 3.23. The van der Waals surface area contributed by atoms with Gasteiger partial charge in [0.2, 0.25) is 10.0 Å². The molecule has 2 aromatic rings. The van der Waals surface area contributed by atoms with E-state index < -0.39 is 27.1 Å². The van der Waals surface area contributed by atoms with Crippen LogP contribution in [0.1, 0.15) is 75.3 Å². The molecule has 0 amide bonds. The van der Waals surface area contributed by atoms with Crippen LogP contribution >= 0.6 is 11.6 Å². The number of ether oxygens (including phenoxy) is 3. The van der Waals surface area contributed by atoms with Crippen LogP contribution < -0.4 is 14.4 Å². The number of aliphatic hydroxyl groups excluding tert-OH is 1. The molecular formula is C39H54ClN3O6S. The van der Waals surface area contributed by atoms with Gasteiger partial charge in [-0.05, 0) is 117 Å². The Kier molecular flexibility index (Phi) is 10.6. The minimum absolute atomic E-state index is 0.177. The number of rotatable bonds is 4. The van der Waals surface area contributed by atoms with Gasteiger partial charge in [0.25, 0.3) is 0 Å². The van der Waals surface area contributed by atoms with Gasteiger partial charge in [-0.25, -0.2) is 8.42 Å². The molecule has 9 nitrogen and oxygen atoms in total. The van der Waals surface area contributed by atoms with Gasteiger partial charge in [-0.15, -0.1) is 0 Å². The Morgan fingerprint density at radius 3 is 2.72 bits per heavy atom. The highest BCUT2D eigenvalue weighted by molar-refractivity contribution is 7.90. The maximum absolute atomic E-state index is 14.2. The van der Waals surface area contributed by atoms with Crippen molar-refractivity contribution in [1.29, 1.82) is 0 Å². The van der Waals surface area contributed by atoms with E-state index in [4.69, 9.17) is 25.8 Å². The first-order valence-corrected chi connectivity index (χ1v) is 20.5. The van der Waals surface area contributed by atoms with Gasteiger partial charge < -0.3 is 24.2 Å². The third-order valence-electron chi connectivity index (χ3n) is 12.5. The molecule has 274 valence electrons. The Bertz CT molecular complexity index is 1670. The zero-order chi connectivity index (χ0) is 35.1. The largest absolute Gasteiger partial charge is 0.490 e. The molecule has 2 N–H and O–H groups in total. The summed E-state index contributed by atoms with van der Waals surface area (Å²) >= 11 is 6.47. The summed E-state index contributed by atoms with van der Waals surface area (Å²) in [6.45, 7) is 9.84. The number of aliphatic hydroxyl groups is 1. The van der Waals surface area contributed by atoms with Gasteiger partial charge in [-0.2, -0.15) is 4.72 Å². The Balaban J connectivity index is 1.26. The Morgan fingerprint density at radius 1 is 1.14 bits per heavy atom. The van der Waals surface area contributed by atoms with Crippen molar-refractivity contribution in [3.63, 3.8) is 0 Å². The normalized spacial score (nSPS) is 35.2. The average molecular weight is 728 g/mol. The van der Waals surface area contributed by atoms with Crippen molar-refractivity contribution in [3.05, 3.63) is 70.3 Å². The van der Waals surface area contributed by atoms with E-state index in [0.717, 1.165) is 74.7 Å². The number of allylic oxidation sites excluding steroid dienone is 1. The maximum Gasteiger partial charge on any atom is 0.217 e. The fourth-order valence-corrected chi connectivity index (χ4v) is 11.3. The van der Waals surface area contributed by atoms with Crippen LogP contribution in [0.3, 0.4) is 0 Å². The van der Waals surface area contributed by atoms with Crippen LogP contribution in [-0.2, 0) is 31.3 Å². The molecule has 7 rings (SSSR count). The van der Waals surface area contributed by atoms with Gasteiger partial charge in [0.15, 0.2) is 0 Å². The lowest BCUT2D eigenvalue weighted by Gasteiger charge is -2.49. The Hall–Kier alpha value is -2.18. The van der Waals surface area contributed by atoms with Crippen molar-refractivity contribution >= 4 is 27.3 Å². The number of methoxy groups -OCH3 is 1. The molecule has 2 aromatic carbocycles.